The maximum Gasteiger partial charge on any atom is 0.226 e. The number of benzene rings is 1. The Bertz CT molecular complexity index is 693. The molecule has 1 N–H and O–H groups in total. The smallest absolute Gasteiger partial charge is 0.226 e. The van der Waals surface area contributed by atoms with Gasteiger partial charge in [0, 0.05) is 23.3 Å². The zero-order valence-corrected chi connectivity index (χ0v) is 14.8. The first-order valence-electron chi connectivity index (χ1n) is 7.33. The van der Waals surface area contributed by atoms with E-state index in [1.165, 1.54) is 0 Å². The Balaban J connectivity index is 1.82. The molecule has 0 saturated carbocycles. The van der Waals surface area contributed by atoms with Crippen LogP contribution in [-0.2, 0) is 16.6 Å². The van der Waals surface area contributed by atoms with E-state index in [0.717, 1.165) is 0 Å². The first-order valence-corrected chi connectivity index (χ1v) is 8.09. The van der Waals surface area contributed by atoms with Crippen LogP contribution >= 0.6 is 23.2 Å². The van der Waals surface area contributed by atoms with Gasteiger partial charge in [0.1, 0.15) is 0 Å². The molecule has 0 atom stereocenters. The second-order valence-corrected chi connectivity index (χ2v) is 7.13. The van der Waals surface area contributed by atoms with E-state index in [0.29, 0.717) is 46.7 Å². The van der Waals surface area contributed by atoms with Gasteiger partial charge in [-0.2, -0.15) is 4.98 Å². The van der Waals surface area contributed by atoms with E-state index in [1.54, 1.807) is 18.2 Å². The van der Waals surface area contributed by atoms with Crippen molar-refractivity contribution >= 4 is 34.8 Å². The molecule has 1 aromatic carbocycles. The number of halogens is 2. The molecule has 0 spiro atoms. The number of carbonyl (C=O) groups excluding carboxylic acids is 1. The van der Waals surface area contributed by atoms with Crippen LogP contribution in [0.15, 0.2) is 22.7 Å². The Hall–Kier alpha value is -1.59. The summed E-state index contributed by atoms with van der Waals surface area (Å²) in [6.45, 7) is 6.06. The summed E-state index contributed by atoms with van der Waals surface area (Å²) >= 11 is 11.8. The lowest BCUT2D eigenvalue weighted by atomic mass is 9.96. The fraction of sp³-hybridized carbons (Fsp3) is 0.438. The number of rotatable bonds is 5. The largest absolute Gasteiger partial charge is 0.339 e. The minimum Gasteiger partial charge on any atom is -0.339 e. The summed E-state index contributed by atoms with van der Waals surface area (Å²) in [6.07, 6.45) is 1.51. The van der Waals surface area contributed by atoms with Crippen molar-refractivity contribution in [1.29, 1.82) is 0 Å². The summed E-state index contributed by atoms with van der Waals surface area (Å²) in [5.74, 6) is 1.10. The summed E-state index contributed by atoms with van der Waals surface area (Å²) < 4.78 is 5.19. The Morgan fingerprint density at radius 3 is 2.65 bits per heavy atom. The number of aromatic nitrogens is 2. The van der Waals surface area contributed by atoms with Crippen molar-refractivity contribution in [2.75, 3.05) is 5.32 Å². The summed E-state index contributed by atoms with van der Waals surface area (Å²) in [5.41, 5.74) is 0.402. The molecule has 0 bridgehead atoms. The Labute approximate surface area is 145 Å². The Kier molecular flexibility index (Phi) is 5.65. The van der Waals surface area contributed by atoms with Crippen molar-refractivity contribution in [2.45, 2.75) is 45.4 Å². The van der Waals surface area contributed by atoms with E-state index in [4.69, 9.17) is 27.7 Å². The normalized spacial score (nSPS) is 11.5. The van der Waals surface area contributed by atoms with E-state index in [9.17, 15) is 4.79 Å². The van der Waals surface area contributed by atoms with Gasteiger partial charge in [0.15, 0.2) is 5.82 Å². The van der Waals surface area contributed by atoms with Gasteiger partial charge in [-0.3, -0.25) is 4.79 Å². The Morgan fingerprint density at radius 1 is 1.30 bits per heavy atom. The molecule has 5 nitrogen and oxygen atoms in total. The molecular weight excluding hydrogens is 337 g/mol. The van der Waals surface area contributed by atoms with Gasteiger partial charge in [0.2, 0.25) is 11.8 Å². The maximum atomic E-state index is 11.9. The molecule has 1 amide bonds. The molecule has 2 rings (SSSR count). The van der Waals surface area contributed by atoms with Crippen molar-refractivity contribution in [3.8, 4) is 0 Å². The number of hydrogen-bond donors (Lipinski definition) is 1. The van der Waals surface area contributed by atoms with Crippen LogP contribution in [0.1, 0.15) is 45.3 Å². The number of aryl methyl sites for hydroxylation is 1. The minimum atomic E-state index is -0.148. The van der Waals surface area contributed by atoms with Gasteiger partial charge in [0.25, 0.3) is 0 Å². The van der Waals surface area contributed by atoms with E-state index in [2.05, 4.69) is 15.5 Å². The lowest BCUT2D eigenvalue weighted by molar-refractivity contribution is -0.116. The first kappa shape index (κ1) is 17.8. The highest BCUT2D eigenvalue weighted by Crippen LogP contribution is 2.25. The van der Waals surface area contributed by atoms with Gasteiger partial charge in [-0.25, -0.2) is 0 Å². The highest BCUT2D eigenvalue weighted by atomic mass is 35.5. The minimum absolute atomic E-state index is 0.121. The molecule has 0 radical (unpaired) electrons. The number of nitrogens with zero attached hydrogens (tertiary/aromatic N) is 2. The number of carbonyl (C=O) groups is 1. The summed E-state index contributed by atoms with van der Waals surface area (Å²) in [6, 6.07) is 4.94. The molecule has 7 heteroatoms. The fourth-order valence-electron chi connectivity index (χ4n) is 1.86. The lowest BCUT2D eigenvalue weighted by Crippen LogP contribution is -2.13. The zero-order chi connectivity index (χ0) is 17.0. The standard InChI is InChI=1S/C16H19Cl2N3O2/c1-16(2,3)15-20-14(23-21-15)6-4-5-13(22)19-12-8-7-10(17)9-11(12)18/h7-9H,4-6H2,1-3H3,(H,19,22). The van der Waals surface area contributed by atoms with Crippen molar-refractivity contribution < 1.29 is 9.32 Å². The number of hydrogen-bond acceptors (Lipinski definition) is 4. The third-order valence-corrected chi connectivity index (χ3v) is 3.69. The lowest BCUT2D eigenvalue weighted by Gasteiger charge is -2.10. The van der Waals surface area contributed by atoms with Gasteiger partial charge in [-0.05, 0) is 24.6 Å². The van der Waals surface area contributed by atoms with Gasteiger partial charge in [-0.1, -0.05) is 49.1 Å². The second-order valence-electron chi connectivity index (χ2n) is 6.29. The molecule has 0 aliphatic heterocycles. The maximum absolute atomic E-state index is 11.9. The van der Waals surface area contributed by atoms with Crippen molar-refractivity contribution in [2.24, 2.45) is 0 Å². The molecule has 0 unspecified atom stereocenters. The van der Waals surface area contributed by atoms with Gasteiger partial charge < -0.3 is 9.84 Å². The average molecular weight is 356 g/mol. The SMILES string of the molecule is CC(C)(C)c1noc(CCCC(=O)Nc2ccc(Cl)cc2Cl)n1. The fourth-order valence-corrected chi connectivity index (χ4v) is 2.32. The first-order chi connectivity index (χ1) is 10.8. The van der Waals surface area contributed by atoms with Crippen LogP contribution in [0.4, 0.5) is 5.69 Å². The predicted molar refractivity (Wildman–Crippen MR) is 91.0 cm³/mol. The highest BCUT2D eigenvalue weighted by Gasteiger charge is 2.20. The topological polar surface area (TPSA) is 68.0 Å². The quantitative estimate of drug-likeness (QED) is 0.848. The molecule has 1 heterocycles. The van der Waals surface area contributed by atoms with Gasteiger partial charge in [-0.15, -0.1) is 0 Å². The van der Waals surface area contributed by atoms with Crippen molar-refractivity contribution in [3.63, 3.8) is 0 Å². The zero-order valence-electron chi connectivity index (χ0n) is 13.3. The molecule has 23 heavy (non-hydrogen) atoms. The van der Waals surface area contributed by atoms with Gasteiger partial charge >= 0.3 is 0 Å². The average Bonchev–Trinajstić information content (AvgIpc) is 2.91. The summed E-state index contributed by atoms with van der Waals surface area (Å²) in [4.78, 5) is 16.3. The molecule has 2 aromatic rings. The van der Waals surface area contributed by atoms with E-state index in [1.807, 2.05) is 20.8 Å². The molecule has 124 valence electrons. The second kappa shape index (κ2) is 7.32. The van der Waals surface area contributed by atoms with Crippen LogP contribution in [0, 0.1) is 0 Å². The van der Waals surface area contributed by atoms with Crippen LogP contribution in [0.2, 0.25) is 10.0 Å². The van der Waals surface area contributed by atoms with Crippen LogP contribution in [0.25, 0.3) is 0 Å². The van der Waals surface area contributed by atoms with Crippen molar-refractivity contribution in [1.82, 2.24) is 10.1 Å². The number of anilines is 1. The predicted octanol–water partition coefficient (Wildman–Crippen LogP) is 4.64. The molecule has 1 aromatic heterocycles. The van der Waals surface area contributed by atoms with Crippen LogP contribution < -0.4 is 5.32 Å². The monoisotopic (exact) mass is 355 g/mol. The highest BCUT2D eigenvalue weighted by molar-refractivity contribution is 6.36. The third kappa shape index (κ3) is 5.22. The molecule has 0 saturated heterocycles. The van der Waals surface area contributed by atoms with E-state index < -0.39 is 0 Å². The van der Waals surface area contributed by atoms with Crippen LogP contribution in [-0.4, -0.2) is 16.0 Å². The third-order valence-electron chi connectivity index (χ3n) is 3.14. The van der Waals surface area contributed by atoms with Gasteiger partial charge in [0.05, 0.1) is 10.7 Å². The molecule has 0 fully saturated rings. The Morgan fingerprint density at radius 2 is 2.04 bits per heavy atom. The molecule has 0 aliphatic carbocycles. The van der Waals surface area contributed by atoms with Crippen LogP contribution in [0.5, 0.6) is 0 Å². The van der Waals surface area contributed by atoms with Crippen molar-refractivity contribution in [3.05, 3.63) is 40.0 Å². The summed E-state index contributed by atoms with van der Waals surface area (Å²) in [7, 11) is 0. The molecular formula is C16H19Cl2N3O2. The molecule has 0 aliphatic rings. The van der Waals surface area contributed by atoms with E-state index >= 15 is 0 Å². The summed E-state index contributed by atoms with van der Waals surface area (Å²) in [5, 5.41) is 7.65. The van der Waals surface area contributed by atoms with Crippen LogP contribution in [0.3, 0.4) is 0 Å². The number of amides is 1. The van der Waals surface area contributed by atoms with E-state index in [-0.39, 0.29) is 11.3 Å². The number of nitrogens with one attached hydrogen (secondary N) is 1.